The minimum atomic E-state index is 0.252. The van der Waals surface area contributed by atoms with Crippen molar-refractivity contribution in [2.24, 2.45) is 23.2 Å². The van der Waals surface area contributed by atoms with E-state index in [9.17, 15) is 0 Å². The van der Waals surface area contributed by atoms with Gasteiger partial charge >= 0.3 is 0 Å². The van der Waals surface area contributed by atoms with Gasteiger partial charge in [-0.3, -0.25) is 0 Å². The Hall–Kier alpha value is -1.13. The van der Waals surface area contributed by atoms with Crippen LogP contribution in [0.5, 0.6) is 5.75 Å². The molecule has 0 spiro atoms. The van der Waals surface area contributed by atoms with E-state index in [0.29, 0.717) is 30.5 Å². The highest BCUT2D eigenvalue weighted by molar-refractivity contribution is 7.80. The summed E-state index contributed by atoms with van der Waals surface area (Å²) in [6.45, 7) is 11.4. The summed E-state index contributed by atoms with van der Waals surface area (Å²) in [5.41, 5.74) is 3.31. The molecule has 3 aliphatic rings. The molecule has 1 aromatic rings. The van der Waals surface area contributed by atoms with Crippen LogP contribution in [0.2, 0.25) is 0 Å². The Labute approximate surface area is 213 Å². The summed E-state index contributed by atoms with van der Waals surface area (Å²) in [6, 6.07) is 6.93. The smallest absolute Gasteiger partial charge is 0.159 e. The Morgan fingerprint density at radius 3 is 2.62 bits per heavy atom. The SMILES string of the molecule is CCCCOc1ccc2c(c1)CCC1C2[C@@H](CC(=S)OCC)CC2(C)C(OCCCC)CCC12. The van der Waals surface area contributed by atoms with Crippen LogP contribution < -0.4 is 4.74 Å². The first kappa shape index (κ1) is 25.9. The van der Waals surface area contributed by atoms with Crippen molar-refractivity contribution in [3.63, 3.8) is 0 Å². The van der Waals surface area contributed by atoms with E-state index in [2.05, 4.69) is 39.0 Å². The van der Waals surface area contributed by atoms with Crippen LogP contribution in [-0.2, 0) is 15.9 Å². The summed E-state index contributed by atoms with van der Waals surface area (Å²) in [5.74, 6) is 3.59. The van der Waals surface area contributed by atoms with Crippen molar-refractivity contribution in [2.75, 3.05) is 19.8 Å². The van der Waals surface area contributed by atoms with E-state index in [-0.39, 0.29) is 5.41 Å². The van der Waals surface area contributed by atoms with E-state index < -0.39 is 0 Å². The zero-order valence-electron chi connectivity index (χ0n) is 21.9. The average molecular weight is 487 g/mol. The van der Waals surface area contributed by atoms with Gasteiger partial charge in [0.1, 0.15) is 5.75 Å². The normalized spacial score (nSPS) is 31.9. The fourth-order valence-electron chi connectivity index (χ4n) is 7.52. The summed E-state index contributed by atoms with van der Waals surface area (Å²) in [7, 11) is 0. The Bertz CT molecular complexity index is 823. The van der Waals surface area contributed by atoms with Gasteiger partial charge in [-0.2, -0.15) is 0 Å². The lowest BCUT2D eigenvalue weighted by Crippen LogP contribution is -2.49. The topological polar surface area (TPSA) is 27.7 Å². The van der Waals surface area contributed by atoms with E-state index in [1.54, 1.807) is 5.56 Å². The number of rotatable bonds is 11. The third kappa shape index (κ3) is 5.33. The van der Waals surface area contributed by atoms with E-state index in [4.69, 9.17) is 26.4 Å². The zero-order chi connectivity index (χ0) is 24.1. The number of aryl methyl sites for hydroxylation is 1. The molecule has 0 saturated heterocycles. The molecule has 6 atom stereocenters. The summed E-state index contributed by atoms with van der Waals surface area (Å²) in [5, 5.41) is 0.793. The summed E-state index contributed by atoms with van der Waals surface area (Å²) < 4.78 is 18.4. The molecule has 0 radical (unpaired) electrons. The molecule has 5 unspecified atom stereocenters. The third-order valence-corrected chi connectivity index (χ3v) is 9.33. The lowest BCUT2D eigenvalue weighted by atomic mass is 9.51. The van der Waals surface area contributed by atoms with Gasteiger partial charge in [-0.05, 0) is 116 Å². The Balaban J connectivity index is 1.60. The van der Waals surface area contributed by atoms with Crippen LogP contribution in [0.4, 0.5) is 0 Å². The predicted molar refractivity (Wildman–Crippen MR) is 144 cm³/mol. The number of ether oxygens (including phenoxy) is 3. The lowest BCUT2D eigenvalue weighted by Gasteiger charge is -2.54. The number of fused-ring (bicyclic) bond motifs is 5. The summed E-state index contributed by atoms with van der Waals surface area (Å²) in [4.78, 5) is 0. The average Bonchev–Trinajstić information content (AvgIpc) is 3.15. The van der Waals surface area contributed by atoms with E-state index in [0.717, 1.165) is 55.6 Å². The van der Waals surface area contributed by atoms with Crippen molar-refractivity contribution in [1.29, 1.82) is 0 Å². The van der Waals surface area contributed by atoms with Gasteiger partial charge in [0.05, 0.1) is 19.3 Å². The first-order valence-corrected chi connectivity index (χ1v) is 14.4. The van der Waals surface area contributed by atoms with Gasteiger partial charge < -0.3 is 14.2 Å². The highest BCUT2D eigenvalue weighted by Crippen LogP contribution is 2.64. The predicted octanol–water partition coefficient (Wildman–Crippen LogP) is 7.89. The van der Waals surface area contributed by atoms with E-state index in [1.165, 1.54) is 44.1 Å². The Kier molecular flexibility index (Phi) is 8.96. The minimum absolute atomic E-state index is 0.252. The van der Waals surface area contributed by atoms with Crippen molar-refractivity contribution in [2.45, 2.75) is 104 Å². The maximum atomic E-state index is 6.55. The van der Waals surface area contributed by atoms with Gasteiger partial charge in [-0.15, -0.1) is 0 Å². The molecule has 0 bridgehead atoms. The van der Waals surface area contributed by atoms with Gasteiger partial charge in [0.25, 0.3) is 0 Å². The minimum Gasteiger partial charge on any atom is -0.494 e. The Morgan fingerprint density at radius 1 is 1.06 bits per heavy atom. The van der Waals surface area contributed by atoms with Crippen LogP contribution in [0, 0.1) is 23.2 Å². The standard InChI is InChI=1S/C30H46O3S/c1-5-8-16-32-23-11-13-24-21(18-23)10-12-25-26-14-15-27(33-17-9-6-2)30(26,4)20-22(29(24)25)19-28(34)31-7-3/h11,13,18,22,25-27,29H,5-10,12,14-17,19-20H2,1-4H3/t22-,25?,26?,27?,29?,30?/m0/s1. The molecule has 0 heterocycles. The highest BCUT2D eigenvalue weighted by Gasteiger charge is 2.58. The second-order valence-corrected chi connectivity index (χ2v) is 11.6. The van der Waals surface area contributed by atoms with Gasteiger partial charge in [-0.25, -0.2) is 0 Å². The highest BCUT2D eigenvalue weighted by atomic mass is 32.1. The second kappa shape index (κ2) is 11.7. The van der Waals surface area contributed by atoms with Gasteiger partial charge in [-0.1, -0.05) is 39.7 Å². The third-order valence-electron chi connectivity index (χ3n) is 9.05. The van der Waals surface area contributed by atoms with Crippen LogP contribution in [0.3, 0.4) is 0 Å². The van der Waals surface area contributed by atoms with E-state index in [1.807, 2.05) is 6.92 Å². The van der Waals surface area contributed by atoms with Gasteiger partial charge in [0.2, 0.25) is 0 Å². The fourth-order valence-corrected chi connectivity index (χ4v) is 7.85. The van der Waals surface area contributed by atoms with Crippen LogP contribution in [0.25, 0.3) is 0 Å². The largest absolute Gasteiger partial charge is 0.494 e. The summed E-state index contributed by atoms with van der Waals surface area (Å²) in [6.07, 6.45) is 12.1. The van der Waals surface area contributed by atoms with Crippen LogP contribution in [0.1, 0.15) is 103 Å². The number of benzene rings is 1. The number of unbranched alkanes of at least 4 members (excludes halogenated alkanes) is 2. The molecule has 2 saturated carbocycles. The second-order valence-electron chi connectivity index (χ2n) is 11.2. The molecule has 0 aliphatic heterocycles. The van der Waals surface area contributed by atoms with Crippen LogP contribution in [-0.4, -0.2) is 31.0 Å². The first-order chi connectivity index (χ1) is 16.5. The quantitative estimate of drug-likeness (QED) is 0.235. The molecule has 34 heavy (non-hydrogen) atoms. The molecule has 1 aromatic carbocycles. The van der Waals surface area contributed by atoms with Crippen molar-refractivity contribution >= 4 is 17.3 Å². The molecule has 4 heteroatoms. The van der Waals surface area contributed by atoms with Gasteiger partial charge in [0.15, 0.2) is 5.05 Å². The van der Waals surface area contributed by atoms with Crippen LogP contribution >= 0.6 is 12.2 Å². The van der Waals surface area contributed by atoms with Crippen molar-refractivity contribution in [1.82, 2.24) is 0 Å². The van der Waals surface area contributed by atoms with E-state index >= 15 is 0 Å². The molecule has 3 aliphatic carbocycles. The number of thiocarbonyl (C=S) groups is 1. The molecule has 2 fully saturated rings. The molecule has 4 rings (SSSR count). The molecule has 3 nitrogen and oxygen atoms in total. The lowest BCUT2D eigenvalue weighted by molar-refractivity contribution is -0.0806. The first-order valence-electron chi connectivity index (χ1n) is 14.0. The molecule has 0 aromatic heterocycles. The van der Waals surface area contributed by atoms with Crippen molar-refractivity contribution in [3.8, 4) is 5.75 Å². The molecule has 0 amide bonds. The summed E-state index contributed by atoms with van der Waals surface area (Å²) >= 11 is 5.70. The van der Waals surface area contributed by atoms with Crippen LogP contribution in [0.15, 0.2) is 18.2 Å². The number of hydrogen-bond acceptors (Lipinski definition) is 4. The molecular weight excluding hydrogens is 440 g/mol. The molecular formula is C30H46O3S. The Morgan fingerprint density at radius 2 is 1.85 bits per heavy atom. The monoisotopic (exact) mass is 486 g/mol. The maximum Gasteiger partial charge on any atom is 0.159 e. The molecule has 190 valence electrons. The molecule has 0 N–H and O–H groups in total. The van der Waals surface area contributed by atoms with Crippen molar-refractivity contribution < 1.29 is 14.2 Å². The van der Waals surface area contributed by atoms with Crippen molar-refractivity contribution in [3.05, 3.63) is 29.3 Å². The zero-order valence-corrected chi connectivity index (χ0v) is 22.8. The maximum absolute atomic E-state index is 6.55. The fraction of sp³-hybridized carbons (Fsp3) is 0.767. The van der Waals surface area contributed by atoms with Gasteiger partial charge in [0, 0.05) is 13.0 Å². The number of hydrogen-bond donors (Lipinski definition) is 0.